The Morgan fingerprint density at radius 3 is 2.61 bits per heavy atom. The van der Waals surface area contributed by atoms with Crippen LogP contribution >= 0.6 is 0 Å². The summed E-state index contributed by atoms with van der Waals surface area (Å²) >= 11 is 0. The predicted molar refractivity (Wildman–Crippen MR) is 77.7 cm³/mol. The number of amides is 1. The summed E-state index contributed by atoms with van der Waals surface area (Å²) in [6, 6.07) is 9.97. The number of carbonyl (C=O) groups is 1. The fraction of sp³-hybridized carbons (Fsp3) is 0.0625. The van der Waals surface area contributed by atoms with Gasteiger partial charge in [-0.05, 0) is 30.3 Å². The summed E-state index contributed by atoms with van der Waals surface area (Å²) in [4.78, 5) is 12.0. The Hall–Kier alpha value is -2.96. The number of halogens is 3. The highest BCUT2D eigenvalue weighted by molar-refractivity contribution is 6.35. The largest absolute Gasteiger partial charge is 0.573 e. The molecule has 1 aliphatic heterocycles. The molecule has 0 aliphatic carbocycles. The minimum Gasteiger partial charge on any atom is -0.507 e. The number of phenols is 1. The monoisotopic (exact) mass is 321 g/mol. The van der Waals surface area contributed by atoms with Crippen LogP contribution in [0.2, 0.25) is 0 Å². The van der Waals surface area contributed by atoms with Gasteiger partial charge in [0.05, 0.1) is 0 Å². The number of fused-ring (bicyclic) bond motifs is 1. The lowest BCUT2D eigenvalue weighted by Gasteiger charge is -2.10. The van der Waals surface area contributed by atoms with Gasteiger partial charge in [0.15, 0.2) is 0 Å². The van der Waals surface area contributed by atoms with Gasteiger partial charge in [-0.1, -0.05) is 18.2 Å². The molecule has 2 aromatic carbocycles. The van der Waals surface area contributed by atoms with Gasteiger partial charge in [-0.3, -0.25) is 4.79 Å². The standard InChI is InChI=1S/C16H10F3NO3/c17-16(18,19)23-10-5-6-14(21)9(7-10)8-12-11-3-1-2-4-13(11)20-15(12)22/h1-8,21H,(H,20,22). The SMILES string of the molecule is O=C1Nc2ccccc2C1=Cc1cc(OC(F)(F)F)ccc1O. The first-order chi connectivity index (χ1) is 10.8. The third-order valence-corrected chi connectivity index (χ3v) is 3.24. The summed E-state index contributed by atoms with van der Waals surface area (Å²) < 4.78 is 40.6. The van der Waals surface area contributed by atoms with Gasteiger partial charge in [0.1, 0.15) is 11.5 Å². The molecule has 3 rings (SSSR count). The highest BCUT2D eigenvalue weighted by Gasteiger charge is 2.31. The van der Waals surface area contributed by atoms with Crippen LogP contribution < -0.4 is 10.1 Å². The Kier molecular flexibility index (Phi) is 3.48. The van der Waals surface area contributed by atoms with Crippen molar-refractivity contribution in [3.05, 3.63) is 53.6 Å². The maximum atomic E-state index is 12.3. The van der Waals surface area contributed by atoms with Crippen LogP contribution in [0.3, 0.4) is 0 Å². The zero-order valence-electron chi connectivity index (χ0n) is 11.5. The molecule has 0 unspecified atom stereocenters. The molecule has 0 bridgehead atoms. The Labute approximate surface area is 128 Å². The molecular formula is C16H10F3NO3. The number of phenolic OH excluding ortho intramolecular Hbond substituents is 1. The van der Waals surface area contributed by atoms with Crippen LogP contribution in [0.15, 0.2) is 42.5 Å². The number of hydrogen-bond acceptors (Lipinski definition) is 3. The third-order valence-electron chi connectivity index (χ3n) is 3.24. The van der Waals surface area contributed by atoms with Crippen molar-refractivity contribution in [2.24, 2.45) is 0 Å². The number of hydrogen-bond donors (Lipinski definition) is 2. The van der Waals surface area contributed by atoms with Gasteiger partial charge in [0.25, 0.3) is 5.91 Å². The summed E-state index contributed by atoms with van der Waals surface area (Å²) in [5.41, 5.74) is 1.51. The quantitative estimate of drug-likeness (QED) is 0.828. The van der Waals surface area contributed by atoms with Gasteiger partial charge in [-0.2, -0.15) is 0 Å². The van der Waals surface area contributed by atoms with Crippen LogP contribution in [0.1, 0.15) is 11.1 Å². The fourth-order valence-corrected chi connectivity index (χ4v) is 2.28. The van der Waals surface area contributed by atoms with Gasteiger partial charge in [0.2, 0.25) is 0 Å². The van der Waals surface area contributed by atoms with E-state index in [-0.39, 0.29) is 16.9 Å². The van der Waals surface area contributed by atoms with Crippen molar-refractivity contribution in [1.29, 1.82) is 0 Å². The van der Waals surface area contributed by atoms with Gasteiger partial charge in [-0.15, -0.1) is 13.2 Å². The lowest BCUT2D eigenvalue weighted by atomic mass is 10.0. The molecule has 0 atom stereocenters. The van der Waals surface area contributed by atoms with E-state index in [1.165, 1.54) is 6.08 Å². The topological polar surface area (TPSA) is 58.6 Å². The molecule has 0 aromatic heterocycles. The second kappa shape index (κ2) is 5.35. The van der Waals surface area contributed by atoms with Crippen LogP contribution in [-0.4, -0.2) is 17.4 Å². The molecule has 0 saturated heterocycles. The van der Waals surface area contributed by atoms with Gasteiger partial charge >= 0.3 is 6.36 Å². The predicted octanol–water partition coefficient (Wildman–Crippen LogP) is 3.78. The summed E-state index contributed by atoms with van der Waals surface area (Å²) in [5, 5.41) is 12.5. The zero-order valence-corrected chi connectivity index (χ0v) is 11.5. The van der Waals surface area contributed by atoms with E-state index >= 15 is 0 Å². The molecule has 1 aliphatic rings. The van der Waals surface area contributed by atoms with E-state index in [4.69, 9.17) is 0 Å². The van der Waals surface area contributed by atoms with E-state index in [1.807, 2.05) is 0 Å². The van der Waals surface area contributed by atoms with E-state index in [2.05, 4.69) is 10.1 Å². The smallest absolute Gasteiger partial charge is 0.507 e. The number of para-hydroxylation sites is 1. The van der Waals surface area contributed by atoms with E-state index in [9.17, 15) is 23.1 Å². The number of ether oxygens (including phenoxy) is 1. The highest BCUT2D eigenvalue weighted by atomic mass is 19.4. The molecule has 0 radical (unpaired) electrons. The molecule has 23 heavy (non-hydrogen) atoms. The first-order valence-corrected chi connectivity index (χ1v) is 6.55. The number of rotatable bonds is 2. The van der Waals surface area contributed by atoms with Crippen molar-refractivity contribution in [3.63, 3.8) is 0 Å². The fourth-order valence-electron chi connectivity index (χ4n) is 2.28. The molecule has 0 spiro atoms. The maximum absolute atomic E-state index is 12.3. The van der Waals surface area contributed by atoms with Crippen molar-refractivity contribution in [3.8, 4) is 11.5 Å². The lowest BCUT2D eigenvalue weighted by molar-refractivity contribution is -0.274. The average molecular weight is 321 g/mol. The summed E-state index contributed by atoms with van der Waals surface area (Å²) in [6.45, 7) is 0. The molecular weight excluding hydrogens is 311 g/mol. The third kappa shape index (κ3) is 3.13. The molecule has 2 aromatic rings. The van der Waals surface area contributed by atoms with Gasteiger partial charge in [-0.25, -0.2) is 0 Å². The molecule has 2 N–H and O–H groups in total. The summed E-state index contributed by atoms with van der Waals surface area (Å²) in [5.74, 6) is -1.13. The molecule has 4 nitrogen and oxygen atoms in total. The van der Waals surface area contributed by atoms with Crippen molar-refractivity contribution >= 4 is 23.2 Å². The first-order valence-electron chi connectivity index (χ1n) is 6.55. The molecule has 1 amide bonds. The van der Waals surface area contributed by atoms with Crippen molar-refractivity contribution in [2.75, 3.05) is 5.32 Å². The highest BCUT2D eigenvalue weighted by Crippen LogP contribution is 2.35. The number of anilines is 1. The minimum atomic E-state index is -4.83. The van der Waals surface area contributed by atoms with Gasteiger partial charge < -0.3 is 15.2 Å². The van der Waals surface area contributed by atoms with Crippen LogP contribution in [-0.2, 0) is 4.79 Å². The average Bonchev–Trinajstić information content (AvgIpc) is 2.77. The number of alkyl halides is 3. The van der Waals surface area contributed by atoms with Crippen molar-refractivity contribution in [1.82, 2.24) is 0 Å². The minimum absolute atomic E-state index is 0.0496. The van der Waals surface area contributed by atoms with Crippen molar-refractivity contribution < 1.29 is 27.8 Å². The Bertz CT molecular complexity index is 812. The summed E-state index contributed by atoms with van der Waals surface area (Å²) in [6.07, 6.45) is -3.52. The van der Waals surface area contributed by atoms with Crippen LogP contribution in [0, 0.1) is 0 Å². The van der Waals surface area contributed by atoms with Crippen LogP contribution in [0.25, 0.3) is 11.6 Å². The normalized spacial score (nSPS) is 15.4. The lowest BCUT2D eigenvalue weighted by Crippen LogP contribution is -2.17. The van der Waals surface area contributed by atoms with E-state index in [0.29, 0.717) is 11.3 Å². The maximum Gasteiger partial charge on any atom is 0.573 e. The second-order valence-corrected chi connectivity index (χ2v) is 4.83. The van der Waals surface area contributed by atoms with Gasteiger partial charge in [0, 0.05) is 22.4 Å². The zero-order chi connectivity index (χ0) is 16.6. The number of nitrogens with one attached hydrogen (secondary N) is 1. The molecule has 1 heterocycles. The molecule has 118 valence electrons. The van der Waals surface area contributed by atoms with E-state index < -0.39 is 18.0 Å². The Morgan fingerprint density at radius 1 is 1.13 bits per heavy atom. The Balaban J connectivity index is 2.02. The van der Waals surface area contributed by atoms with Crippen LogP contribution in [0.5, 0.6) is 11.5 Å². The Morgan fingerprint density at radius 2 is 1.87 bits per heavy atom. The molecule has 0 saturated carbocycles. The molecule has 0 fully saturated rings. The first kappa shape index (κ1) is 15.0. The van der Waals surface area contributed by atoms with Crippen molar-refractivity contribution in [2.45, 2.75) is 6.36 Å². The number of aromatic hydroxyl groups is 1. The summed E-state index contributed by atoms with van der Waals surface area (Å²) in [7, 11) is 0. The number of benzene rings is 2. The van der Waals surface area contributed by atoms with Crippen LogP contribution in [0.4, 0.5) is 18.9 Å². The number of carbonyl (C=O) groups excluding carboxylic acids is 1. The molecule has 7 heteroatoms. The van der Waals surface area contributed by atoms with E-state index in [1.54, 1.807) is 24.3 Å². The second-order valence-electron chi connectivity index (χ2n) is 4.83. The van der Waals surface area contributed by atoms with E-state index in [0.717, 1.165) is 18.2 Å².